The first-order chi connectivity index (χ1) is 14.7. The molecule has 3 heterocycles. The number of pyridine rings is 1. The number of nitrogens with one attached hydrogen (secondary N) is 1. The Kier molecular flexibility index (Phi) is 5.09. The molecule has 1 aliphatic rings. The summed E-state index contributed by atoms with van der Waals surface area (Å²) in [6, 6.07) is 18.6. The summed E-state index contributed by atoms with van der Waals surface area (Å²) in [4.78, 5) is 24.1. The molecule has 6 heteroatoms. The van der Waals surface area contributed by atoms with Crippen LogP contribution in [0.25, 0.3) is 22.6 Å². The van der Waals surface area contributed by atoms with Crippen molar-refractivity contribution in [1.29, 1.82) is 0 Å². The number of fused-ring (bicyclic) bond motifs is 1. The molecule has 1 N–H and O–H groups in total. The molecule has 1 fully saturated rings. The van der Waals surface area contributed by atoms with Gasteiger partial charge in [-0.25, -0.2) is 4.98 Å². The van der Waals surface area contributed by atoms with Gasteiger partial charge in [0.05, 0.1) is 15.9 Å². The number of carbonyl (C=O) groups is 1. The van der Waals surface area contributed by atoms with Crippen molar-refractivity contribution in [1.82, 2.24) is 19.9 Å². The molecule has 0 radical (unpaired) electrons. The summed E-state index contributed by atoms with van der Waals surface area (Å²) in [7, 11) is 0. The molecule has 1 amide bonds. The Hall–Kier alpha value is -2.99. The molecule has 152 valence electrons. The van der Waals surface area contributed by atoms with Gasteiger partial charge in [0.25, 0.3) is 5.91 Å². The number of carbonyl (C=O) groups excluding carboxylic acids is 1. The molecule has 30 heavy (non-hydrogen) atoms. The lowest BCUT2D eigenvalue weighted by Crippen LogP contribution is -2.38. The number of benzene rings is 1. The molecule has 1 aliphatic carbocycles. The van der Waals surface area contributed by atoms with Crippen molar-refractivity contribution in [2.24, 2.45) is 0 Å². The molecule has 0 spiro atoms. The van der Waals surface area contributed by atoms with Crippen molar-refractivity contribution in [2.75, 3.05) is 0 Å². The zero-order valence-corrected chi connectivity index (χ0v) is 17.7. The second kappa shape index (κ2) is 8.03. The Morgan fingerprint density at radius 1 is 1.10 bits per heavy atom. The smallest absolute Gasteiger partial charge is 0.261 e. The van der Waals surface area contributed by atoms with Crippen LogP contribution in [0.1, 0.15) is 46.3 Å². The zero-order chi connectivity index (χ0) is 20.5. The number of aromatic nitrogens is 3. The van der Waals surface area contributed by atoms with Crippen molar-refractivity contribution in [2.45, 2.75) is 44.7 Å². The fourth-order valence-corrected chi connectivity index (χ4v) is 5.20. The molecule has 4 aromatic rings. The Labute approximate surface area is 179 Å². The molecule has 2 atom stereocenters. The van der Waals surface area contributed by atoms with E-state index in [-0.39, 0.29) is 18.0 Å². The van der Waals surface area contributed by atoms with E-state index in [2.05, 4.69) is 33.1 Å². The van der Waals surface area contributed by atoms with Crippen LogP contribution in [0, 0.1) is 6.92 Å². The van der Waals surface area contributed by atoms with E-state index < -0.39 is 0 Å². The topological polar surface area (TPSA) is 59.8 Å². The second-order valence-corrected chi connectivity index (χ2v) is 9.20. The standard InChI is InChI=1S/C24H24N4OS/c1-16-12-13-22(30-16)24(29)26-17-7-6-8-18(15-17)28-21-11-3-2-9-19(21)27-23(28)20-10-4-5-14-25-20/h2-5,9-14,17-18H,6-8,15H2,1H3,(H,26,29). The Bertz CT molecular complexity index is 1180. The number of para-hydroxylation sites is 2. The number of imidazole rings is 1. The van der Waals surface area contributed by atoms with E-state index in [0.29, 0.717) is 0 Å². The maximum atomic E-state index is 12.7. The van der Waals surface area contributed by atoms with Gasteiger partial charge >= 0.3 is 0 Å². The summed E-state index contributed by atoms with van der Waals surface area (Å²) in [5.41, 5.74) is 3.00. The fourth-order valence-electron chi connectivity index (χ4n) is 4.43. The number of thiophene rings is 1. The third kappa shape index (κ3) is 3.63. The molecule has 5 nitrogen and oxygen atoms in total. The number of rotatable bonds is 4. The SMILES string of the molecule is Cc1ccc(C(=O)NC2CCCC(n3c(-c4ccccn4)nc4ccccc43)C2)s1. The average molecular weight is 417 g/mol. The van der Waals surface area contributed by atoms with Crippen LogP contribution in [-0.4, -0.2) is 26.5 Å². The summed E-state index contributed by atoms with van der Waals surface area (Å²) in [5, 5.41) is 3.27. The van der Waals surface area contributed by atoms with Crippen LogP contribution < -0.4 is 5.32 Å². The van der Waals surface area contributed by atoms with E-state index >= 15 is 0 Å². The third-order valence-electron chi connectivity index (χ3n) is 5.80. The van der Waals surface area contributed by atoms with Crippen molar-refractivity contribution in [3.8, 4) is 11.5 Å². The van der Waals surface area contributed by atoms with E-state index in [9.17, 15) is 4.79 Å². The minimum absolute atomic E-state index is 0.0409. The highest BCUT2D eigenvalue weighted by Crippen LogP contribution is 2.35. The van der Waals surface area contributed by atoms with E-state index in [4.69, 9.17) is 4.98 Å². The highest BCUT2D eigenvalue weighted by molar-refractivity contribution is 7.13. The first kappa shape index (κ1) is 19.0. The lowest BCUT2D eigenvalue weighted by Gasteiger charge is -2.31. The van der Waals surface area contributed by atoms with Crippen molar-refractivity contribution >= 4 is 28.3 Å². The van der Waals surface area contributed by atoms with Crippen LogP contribution in [0.15, 0.2) is 60.8 Å². The summed E-state index contributed by atoms with van der Waals surface area (Å²) in [6.45, 7) is 2.03. The molecule has 0 aliphatic heterocycles. The van der Waals surface area contributed by atoms with Crippen LogP contribution in [0.2, 0.25) is 0 Å². The predicted molar refractivity (Wildman–Crippen MR) is 121 cm³/mol. The molecule has 3 aromatic heterocycles. The summed E-state index contributed by atoms with van der Waals surface area (Å²) < 4.78 is 2.34. The van der Waals surface area contributed by atoms with Crippen LogP contribution in [0.4, 0.5) is 0 Å². The van der Waals surface area contributed by atoms with Gasteiger partial charge in [-0.15, -0.1) is 11.3 Å². The monoisotopic (exact) mass is 416 g/mol. The predicted octanol–water partition coefficient (Wildman–Crippen LogP) is 5.38. The number of aryl methyl sites for hydroxylation is 1. The van der Waals surface area contributed by atoms with Crippen molar-refractivity contribution in [3.63, 3.8) is 0 Å². The quantitative estimate of drug-likeness (QED) is 0.486. The molecule has 1 saturated carbocycles. The van der Waals surface area contributed by atoms with Gasteiger partial charge in [0, 0.05) is 23.2 Å². The Balaban J connectivity index is 1.45. The van der Waals surface area contributed by atoms with Gasteiger partial charge in [-0.3, -0.25) is 9.78 Å². The van der Waals surface area contributed by atoms with Crippen LogP contribution in [-0.2, 0) is 0 Å². The molecular formula is C24H24N4OS. The Morgan fingerprint density at radius 2 is 1.97 bits per heavy atom. The molecule has 0 bridgehead atoms. The molecule has 5 rings (SSSR count). The molecule has 2 unspecified atom stereocenters. The zero-order valence-electron chi connectivity index (χ0n) is 16.9. The first-order valence-corrected chi connectivity index (χ1v) is 11.3. The van der Waals surface area contributed by atoms with E-state index in [0.717, 1.165) is 58.0 Å². The van der Waals surface area contributed by atoms with Crippen LogP contribution >= 0.6 is 11.3 Å². The first-order valence-electron chi connectivity index (χ1n) is 10.4. The number of hydrogen-bond acceptors (Lipinski definition) is 4. The van der Waals surface area contributed by atoms with Gasteiger partial charge in [0.15, 0.2) is 5.82 Å². The minimum Gasteiger partial charge on any atom is -0.349 e. The minimum atomic E-state index is 0.0409. The van der Waals surface area contributed by atoms with Gasteiger partial charge in [0.2, 0.25) is 0 Å². The lowest BCUT2D eigenvalue weighted by atomic mass is 9.90. The maximum absolute atomic E-state index is 12.7. The van der Waals surface area contributed by atoms with Crippen molar-refractivity contribution in [3.05, 3.63) is 70.5 Å². The lowest BCUT2D eigenvalue weighted by molar-refractivity contribution is 0.0925. The van der Waals surface area contributed by atoms with Gasteiger partial charge < -0.3 is 9.88 Å². The molecule has 0 saturated heterocycles. The average Bonchev–Trinajstić information content (AvgIpc) is 3.38. The van der Waals surface area contributed by atoms with Crippen molar-refractivity contribution < 1.29 is 4.79 Å². The molecule has 1 aromatic carbocycles. The summed E-state index contributed by atoms with van der Waals surface area (Å²) in [6.07, 6.45) is 5.87. The number of hydrogen-bond donors (Lipinski definition) is 1. The number of nitrogens with zero attached hydrogens (tertiary/aromatic N) is 3. The van der Waals surface area contributed by atoms with Gasteiger partial charge in [-0.1, -0.05) is 18.2 Å². The van der Waals surface area contributed by atoms with E-state index in [1.54, 1.807) is 11.3 Å². The maximum Gasteiger partial charge on any atom is 0.261 e. The van der Waals surface area contributed by atoms with Crippen LogP contribution in [0.3, 0.4) is 0 Å². The Morgan fingerprint density at radius 3 is 2.77 bits per heavy atom. The summed E-state index contributed by atoms with van der Waals surface area (Å²) in [5.74, 6) is 0.946. The second-order valence-electron chi connectivity index (χ2n) is 7.91. The molecular weight excluding hydrogens is 392 g/mol. The summed E-state index contributed by atoms with van der Waals surface area (Å²) >= 11 is 1.55. The van der Waals surface area contributed by atoms with Gasteiger partial charge in [-0.05, 0) is 69.0 Å². The van der Waals surface area contributed by atoms with Gasteiger partial charge in [0.1, 0.15) is 5.69 Å². The third-order valence-corrected chi connectivity index (χ3v) is 6.80. The largest absolute Gasteiger partial charge is 0.349 e. The van der Waals surface area contributed by atoms with E-state index in [1.807, 2.05) is 49.5 Å². The van der Waals surface area contributed by atoms with Crippen LogP contribution in [0.5, 0.6) is 0 Å². The normalized spacial score (nSPS) is 19.1. The highest BCUT2D eigenvalue weighted by Gasteiger charge is 2.28. The highest BCUT2D eigenvalue weighted by atomic mass is 32.1. The van der Waals surface area contributed by atoms with E-state index in [1.165, 1.54) is 0 Å². The fraction of sp³-hybridized carbons (Fsp3) is 0.292. The van der Waals surface area contributed by atoms with Gasteiger partial charge in [-0.2, -0.15) is 0 Å². The number of amides is 1.